The van der Waals surface area contributed by atoms with E-state index in [1.807, 2.05) is 0 Å². The first-order valence-corrected chi connectivity index (χ1v) is 5.78. The quantitative estimate of drug-likeness (QED) is 0.724. The fourth-order valence-electron chi connectivity index (χ4n) is 2.30. The molecule has 1 N–H and O–H groups in total. The summed E-state index contributed by atoms with van der Waals surface area (Å²) in [6.45, 7) is 5.92. The van der Waals surface area contributed by atoms with E-state index < -0.39 is 0 Å². The molecule has 0 spiro atoms. The van der Waals surface area contributed by atoms with Crippen LogP contribution in [0.25, 0.3) is 0 Å². The van der Waals surface area contributed by atoms with Crippen LogP contribution < -0.4 is 5.32 Å². The van der Waals surface area contributed by atoms with Crippen LogP contribution in [0.15, 0.2) is 0 Å². The van der Waals surface area contributed by atoms with E-state index in [1.165, 1.54) is 12.8 Å². The summed E-state index contributed by atoms with van der Waals surface area (Å²) >= 11 is 0. The SMILES string of the molecule is CC1COCCC1N[C@H]1CCCOC1. The number of rotatable bonds is 2. The van der Waals surface area contributed by atoms with Crippen LogP contribution in [0.2, 0.25) is 0 Å². The minimum Gasteiger partial charge on any atom is -0.381 e. The van der Waals surface area contributed by atoms with Crippen LogP contribution in [0.5, 0.6) is 0 Å². The second-order valence-corrected chi connectivity index (χ2v) is 4.53. The lowest BCUT2D eigenvalue weighted by molar-refractivity contribution is 0.0187. The van der Waals surface area contributed by atoms with Crippen LogP contribution in [-0.2, 0) is 9.47 Å². The molecule has 0 bridgehead atoms. The summed E-state index contributed by atoms with van der Waals surface area (Å²) in [4.78, 5) is 0. The first-order valence-electron chi connectivity index (χ1n) is 5.78. The van der Waals surface area contributed by atoms with Crippen molar-refractivity contribution >= 4 is 0 Å². The molecule has 2 unspecified atom stereocenters. The fraction of sp³-hybridized carbons (Fsp3) is 1.00. The smallest absolute Gasteiger partial charge is 0.0619 e. The van der Waals surface area contributed by atoms with E-state index in [0.717, 1.165) is 32.8 Å². The van der Waals surface area contributed by atoms with Crippen LogP contribution in [0.4, 0.5) is 0 Å². The van der Waals surface area contributed by atoms with Crippen molar-refractivity contribution in [3.63, 3.8) is 0 Å². The molecular weight excluding hydrogens is 178 g/mol. The van der Waals surface area contributed by atoms with Gasteiger partial charge < -0.3 is 14.8 Å². The van der Waals surface area contributed by atoms with E-state index in [2.05, 4.69) is 12.2 Å². The van der Waals surface area contributed by atoms with Crippen LogP contribution in [0.1, 0.15) is 26.2 Å². The Morgan fingerprint density at radius 3 is 2.64 bits per heavy atom. The van der Waals surface area contributed by atoms with Gasteiger partial charge in [-0.2, -0.15) is 0 Å². The van der Waals surface area contributed by atoms with E-state index in [9.17, 15) is 0 Å². The van der Waals surface area contributed by atoms with Crippen LogP contribution >= 0.6 is 0 Å². The molecule has 0 radical (unpaired) electrons. The lowest BCUT2D eigenvalue weighted by atomic mass is 9.96. The molecule has 2 aliphatic rings. The summed E-state index contributed by atoms with van der Waals surface area (Å²) in [7, 11) is 0. The predicted molar refractivity (Wildman–Crippen MR) is 55.4 cm³/mol. The van der Waals surface area contributed by atoms with Crippen molar-refractivity contribution in [2.45, 2.75) is 38.3 Å². The molecule has 2 heterocycles. The molecule has 0 saturated carbocycles. The van der Waals surface area contributed by atoms with Gasteiger partial charge >= 0.3 is 0 Å². The summed E-state index contributed by atoms with van der Waals surface area (Å²) in [5.41, 5.74) is 0. The molecule has 3 nitrogen and oxygen atoms in total. The fourth-order valence-corrected chi connectivity index (χ4v) is 2.30. The zero-order chi connectivity index (χ0) is 9.80. The average Bonchev–Trinajstić information content (AvgIpc) is 2.23. The van der Waals surface area contributed by atoms with E-state index in [4.69, 9.17) is 9.47 Å². The highest BCUT2D eigenvalue weighted by molar-refractivity contribution is 4.81. The third kappa shape index (κ3) is 2.69. The molecule has 2 rings (SSSR count). The van der Waals surface area contributed by atoms with E-state index >= 15 is 0 Å². The molecule has 0 aliphatic carbocycles. The number of hydrogen-bond acceptors (Lipinski definition) is 3. The topological polar surface area (TPSA) is 30.5 Å². The Kier molecular flexibility index (Phi) is 3.79. The second-order valence-electron chi connectivity index (χ2n) is 4.53. The highest BCUT2D eigenvalue weighted by Gasteiger charge is 2.25. The highest BCUT2D eigenvalue weighted by Crippen LogP contribution is 2.16. The highest BCUT2D eigenvalue weighted by atomic mass is 16.5. The average molecular weight is 199 g/mol. The third-order valence-electron chi connectivity index (χ3n) is 3.25. The van der Waals surface area contributed by atoms with Gasteiger partial charge in [-0.1, -0.05) is 6.92 Å². The number of ether oxygens (including phenoxy) is 2. The van der Waals surface area contributed by atoms with E-state index in [0.29, 0.717) is 18.0 Å². The molecule has 0 aromatic rings. The third-order valence-corrected chi connectivity index (χ3v) is 3.25. The van der Waals surface area contributed by atoms with Gasteiger partial charge in [-0.25, -0.2) is 0 Å². The summed E-state index contributed by atoms with van der Waals surface area (Å²) in [5.74, 6) is 0.644. The van der Waals surface area contributed by atoms with Gasteiger partial charge in [0, 0.05) is 25.3 Å². The van der Waals surface area contributed by atoms with Gasteiger partial charge in [-0.05, 0) is 25.2 Å². The maximum absolute atomic E-state index is 5.47. The maximum atomic E-state index is 5.47. The summed E-state index contributed by atoms with van der Waals surface area (Å²) in [6, 6.07) is 1.21. The van der Waals surface area contributed by atoms with Crippen molar-refractivity contribution in [2.24, 2.45) is 5.92 Å². The molecule has 2 aliphatic heterocycles. The molecular formula is C11H21NO2. The maximum Gasteiger partial charge on any atom is 0.0619 e. The van der Waals surface area contributed by atoms with E-state index in [-0.39, 0.29) is 0 Å². The van der Waals surface area contributed by atoms with Gasteiger partial charge in [-0.15, -0.1) is 0 Å². The Morgan fingerprint density at radius 1 is 1.07 bits per heavy atom. The van der Waals surface area contributed by atoms with Gasteiger partial charge in [0.25, 0.3) is 0 Å². The van der Waals surface area contributed by atoms with Gasteiger partial charge in [0.05, 0.1) is 13.2 Å². The summed E-state index contributed by atoms with van der Waals surface area (Å²) in [5, 5.41) is 3.70. The molecule has 14 heavy (non-hydrogen) atoms. The van der Waals surface area contributed by atoms with Crippen molar-refractivity contribution in [3.05, 3.63) is 0 Å². The molecule has 82 valence electrons. The lowest BCUT2D eigenvalue weighted by Gasteiger charge is -2.34. The molecule has 0 aromatic heterocycles. The Morgan fingerprint density at radius 2 is 1.93 bits per heavy atom. The minimum atomic E-state index is 0.578. The molecule has 3 heteroatoms. The van der Waals surface area contributed by atoms with Crippen LogP contribution in [0.3, 0.4) is 0 Å². The summed E-state index contributed by atoms with van der Waals surface area (Å²) in [6.07, 6.45) is 3.62. The van der Waals surface area contributed by atoms with Crippen molar-refractivity contribution in [1.82, 2.24) is 5.32 Å². The second kappa shape index (κ2) is 5.10. The molecule has 2 saturated heterocycles. The van der Waals surface area contributed by atoms with Crippen LogP contribution in [-0.4, -0.2) is 38.5 Å². The van der Waals surface area contributed by atoms with E-state index in [1.54, 1.807) is 0 Å². The Balaban J connectivity index is 1.76. The first kappa shape index (κ1) is 10.4. The number of nitrogens with one attached hydrogen (secondary N) is 1. The Hall–Kier alpha value is -0.120. The van der Waals surface area contributed by atoms with Crippen molar-refractivity contribution < 1.29 is 9.47 Å². The minimum absolute atomic E-state index is 0.578. The normalized spacial score (nSPS) is 39.6. The molecule has 2 fully saturated rings. The van der Waals surface area contributed by atoms with Crippen molar-refractivity contribution in [2.75, 3.05) is 26.4 Å². The van der Waals surface area contributed by atoms with Crippen molar-refractivity contribution in [1.29, 1.82) is 0 Å². The monoisotopic (exact) mass is 199 g/mol. The van der Waals surface area contributed by atoms with Gasteiger partial charge in [0.2, 0.25) is 0 Å². The largest absolute Gasteiger partial charge is 0.381 e. The van der Waals surface area contributed by atoms with Crippen molar-refractivity contribution in [3.8, 4) is 0 Å². The molecule has 3 atom stereocenters. The zero-order valence-corrected chi connectivity index (χ0v) is 9.00. The summed E-state index contributed by atoms with van der Waals surface area (Å²) < 4.78 is 10.9. The predicted octanol–water partition coefficient (Wildman–Crippen LogP) is 1.18. The Bertz CT molecular complexity index is 169. The first-order chi connectivity index (χ1) is 6.86. The lowest BCUT2D eigenvalue weighted by Crippen LogP contribution is -2.49. The Labute approximate surface area is 86.2 Å². The van der Waals surface area contributed by atoms with Gasteiger partial charge in [0.15, 0.2) is 0 Å². The standard InChI is InChI=1S/C11H21NO2/c1-9-7-14-6-4-11(9)12-10-3-2-5-13-8-10/h9-12H,2-8H2,1H3/t9?,10-,11?/m0/s1. The van der Waals surface area contributed by atoms with Crippen LogP contribution in [0, 0.1) is 5.92 Å². The molecule has 0 amide bonds. The van der Waals surface area contributed by atoms with Gasteiger partial charge in [-0.3, -0.25) is 0 Å². The zero-order valence-electron chi connectivity index (χ0n) is 9.00. The van der Waals surface area contributed by atoms with Gasteiger partial charge in [0.1, 0.15) is 0 Å². The number of hydrogen-bond donors (Lipinski definition) is 1. The molecule has 0 aromatic carbocycles.